The van der Waals surface area contributed by atoms with E-state index in [4.69, 9.17) is 14.2 Å². The van der Waals surface area contributed by atoms with E-state index in [1.165, 1.54) is 257 Å². The number of allylic oxidation sites excluding steroid dienone is 2. The molecule has 0 aromatic carbocycles. The largest absolute Gasteiger partial charge is 0.462 e. The van der Waals surface area contributed by atoms with Gasteiger partial charge in [-0.05, 0) is 44.9 Å². The molecule has 0 spiro atoms. The molecular weight excluding hydrogens is 853 g/mol. The molecule has 0 fully saturated rings. The topological polar surface area (TPSA) is 78.9 Å². The minimum absolute atomic E-state index is 0.0653. The molecule has 6 nitrogen and oxygen atoms in total. The standard InChI is InChI=1S/C63H120O6/c1-4-7-10-13-16-19-22-25-28-31-33-35-38-41-44-47-50-53-56-62(65)68-59-60(58-67-61(64)55-52-49-46-43-40-37-34-30-27-24-21-18-15-12-9-6-3)69-63(66)57-54-51-48-45-42-39-36-32-29-26-23-20-17-14-11-8-5-2/h26,29,60H,4-25,27-28,30-59H2,1-3H3/b29-26+/t60-/m1/s1. The van der Waals surface area contributed by atoms with Crippen LogP contribution in [0, 0.1) is 0 Å². The van der Waals surface area contributed by atoms with Crippen molar-refractivity contribution in [2.75, 3.05) is 13.2 Å². The maximum atomic E-state index is 12.9. The highest BCUT2D eigenvalue weighted by molar-refractivity contribution is 5.71. The van der Waals surface area contributed by atoms with E-state index in [1.807, 2.05) is 0 Å². The molecule has 0 aromatic rings. The van der Waals surface area contributed by atoms with E-state index in [9.17, 15) is 14.4 Å². The highest BCUT2D eigenvalue weighted by atomic mass is 16.6. The van der Waals surface area contributed by atoms with Gasteiger partial charge in [0, 0.05) is 19.3 Å². The smallest absolute Gasteiger partial charge is 0.306 e. The number of ether oxygens (including phenoxy) is 3. The van der Waals surface area contributed by atoms with E-state index in [2.05, 4.69) is 32.9 Å². The number of carbonyl (C=O) groups is 3. The van der Waals surface area contributed by atoms with Crippen molar-refractivity contribution in [3.8, 4) is 0 Å². The van der Waals surface area contributed by atoms with Crippen LogP contribution >= 0.6 is 0 Å². The first kappa shape index (κ1) is 67.1. The molecule has 0 aliphatic carbocycles. The summed E-state index contributed by atoms with van der Waals surface area (Å²) in [6, 6.07) is 0. The van der Waals surface area contributed by atoms with Gasteiger partial charge in [-0.15, -0.1) is 0 Å². The first-order valence-electron chi connectivity index (χ1n) is 31.2. The molecule has 0 aliphatic heterocycles. The molecule has 0 saturated heterocycles. The summed E-state index contributed by atoms with van der Waals surface area (Å²) in [7, 11) is 0. The zero-order valence-corrected chi connectivity index (χ0v) is 46.9. The van der Waals surface area contributed by atoms with Crippen LogP contribution in [-0.4, -0.2) is 37.2 Å². The molecular formula is C63H120O6. The summed E-state index contributed by atoms with van der Waals surface area (Å²) in [4.78, 5) is 38.3. The Morgan fingerprint density at radius 1 is 0.275 bits per heavy atom. The van der Waals surface area contributed by atoms with Gasteiger partial charge in [-0.2, -0.15) is 0 Å². The number of esters is 3. The molecule has 0 amide bonds. The molecule has 0 aliphatic rings. The molecule has 6 heteroatoms. The highest BCUT2D eigenvalue weighted by Crippen LogP contribution is 2.18. The molecule has 0 rings (SSSR count). The van der Waals surface area contributed by atoms with Crippen LogP contribution in [0.1, 0.15) is 355 Å². The van der Waals surface area contributed by atoms with E-state index >= 15 is 0 Å². The second-order valence-corrected chi connectivity index (χ2v) is 21.3. The summed E-state index contributed by atoms with van der Waals surface area (Å²) in [6.07, 6.45) is 67.8. The Hall–Kier alpha value is -1.85. The maximum Gasteiger partial charge on any atom is 0.306 e. The molecule has 69 heavy (non-hydrogen) atoms. The Morgan fingerprint density at radius 3 is 0.725 bits per heavy atom. The fraction of sp³-hybridized carbons (Fsp3) is 0.921. The van der Waals surface area contributed by atoms with Gasteiger partial charge in [0.15, 0.2) is 6.10 Å². The third-order valence-electron chi connectivity index (χ3n) is 14.3. The van der Waals surface area contributed by atoms with E-state index in [-0.39, 0.29) is 31.1 Å². The van der Waals surface area contributed by atoms with Gasteiger partial charge < -0.3 is 14.2 Å². The first-order chi connectivity index (χ1) is 34.0. The van der Waals surface area contributed by atoms with Gasteiger partial charge in [0.2, 0.25) is 0 Å². The average molecular weight is 974 g/mol. The lowest BCUT2D eigenvalue weighted by Gasteiger charge is -2.18. The van der Waals surface area contributed by atoms with Crippen LogP contribution in [-0.2, 0) is 28.6 Å². The van der Waals surface area contributed by atoms with Crippen LogP contribution < -0.4 is 0 Å². The molecule has 1 atom stereocenters. The van der Waals surface area contributed by atoms with Crippen molar-refractivity contribution in [2.45, 2.75) is 361 Å². The summed E-state index contributed by atoms with van der Waals surface area (Å²) in [5.41, 5.74) is 0. The lowest BCUT2D eigenvalue weighted by molar-refractivity contribution is -0.167. The quantitative estimate of drug-likeness (QED) is 0.0261. The molecule has 0 unspecified atom stereocenters. The van der Waals surface area contributed by atoms with Gasteiger partial charge in [-0.25, -0.2) is 0 Å². The second-order valence-electron chi connectivity index (χ2n) is 21.3. The van der Waals surface area contributed by atoms with Gasteiger partial charge in [-0.3, -0.25) is 14.4 Å². The predicted octanol–water partition coefficient (Wildman–Crippen LogP) is 20.9. The number of carbonyl (C=O) groups excluding carboxylic acids is 3. The zero-order valence-electron chi connectivity index (χ0n) is 46.9. The summed E-state index contributed by atoms with van der Waals surface area (Å²) >= 11 is 0. The predicted molar refractivity (Wildman–Crippen MR) is 298 cm³/mol. The molecule has 0 N–H and O–H groups in total. The van der Waals surface area contributed by atoms with Crippen LogP contribution in [0.25, 0.3) is 0 Å². The van der Waals surface area contributed by atoms with Crippen LogP contribution in [0.15, 0.2) is 12.2 Å². The molecule has 408 valence electrons. The highest BCUT2D eigenvalue weighted by Gasteiger charge is 2.19. The fourth-order valence-electron chi connectivity index (χ4n) is 9.56. The molecule has 0 saturated carbocycles. The maximum absolute atomic E-state index is 12.9. The van der Waals surface area contributed by atoms with Crippen molar-refractivity contribution in [3.63, 3.8) is 0 Å². The summed E-state index contributed by atoms with van der Waals surface area (Å²) in [5.74, 6) is -0.840. The third kappa shape index (κ3) is 56.9. The van der Waals surface area contributed by atoms with Gasteiger partial charge in [0.25, 0.3) is 0 Å². The number of hydrogen-bond acceptors (Lipinski definition) is 6. The lowest BCUT2D eigenvalue weighted by Crippen LogP contribution is -2.30. The van der Waals surface area contributed by atoms with Crippen molar-refractivity contribution in [1.82, 2.24) is 0 Å². The average Bonchev–Trinajstić information content (AvgIpc) is 3.35. The zero-order chi connectivity index (χ0) is 50.0. The Kier molecular flexibility index (Phi) is 57.1. The van der Waals surface area contributed by atoms with Crippen molar-refractivity contribution < 1.29 is 28.6 Å². The lowest BCUT2D eigenvalue weighted by atomic mass is 10.0. The molecule has 0 heterocycles. The van der Waals surface area contributed by atoms with Crippen molar-refractivity contribution in [2.24, 2.45) is 0 Å². The van der Waals surface area contributed by atoms with Crippen molar-refractivity contribution in [3.05, 3.63) is 12.2 Å². The second kappa shape index (κ2) is 58.7. The van der Waals surface area contributed by atoms with Crippen LogP contribution in [0.3, 0.4) is 0 Å². The molecule has 0 radical (unpaired) electrons. The normalized spacial score (nSPS) is 12.0. The van der Waals surface area contributed by atoms with E-state index in [0.29, 0.717) is 19.3 Å². The Labute approximate surface area is 431 Å². The van der Waals surface area contributed by atoms with E-state index in [1.54, 1.807) is 0 Å². The first-order valence-corrected chi connectivity index (χ1v) is 31.2. The van der Waals surface area contributed by atoms with Crippen LogP contribution in [0.2, 0.25) is 0 Å². The minimum Gasteiger partial charge on any atom is -0.462 e. The van der Waals surface area contributed by atoms with Crippen molar-refractivity contribution in [1.29, 1.82) is 0 Å². The summed E-state index contributed by atoms with van der Waals surface area (Å²) in [6.45, 7) is 6.71. The third-order valence-corrected chi connectivity index (χ3v) is 14.3. The molecule has 0 bridgehead atoms. The number of unbranched alkanes of at least 4 members (excludes halogenated alkanes) is 45. The monoisotopic (exact) mass is 973 g/mol. The van der Waals surface area contributed by atoms with E-state index < -0.39 is 6.10 Å². The Bertz CT molecular complexity index is 1070. The number of hydrogen-bond donors (Lipinski definition) is 0. The SMILES string of the molecule is CCCCCCCC/C=C/CCCCCCCCCC(=O)O[C@H](COC(=O)CCCCCCCCCCCCCCCCCC)COC(=O)CCCCCCCCCCCCCCCCCCCC. The summed E-state index contributed by atoms with van der Waals surface area (Å²) < 4.78 is 16.9. The van der Waals surface area contributed by atoms with Crippen LogP contribution in [0.5, 0.6) is 0 Å². The van der Waals surface area contributed by atoms with Gasteiger partial charge in [0.05, 0.1) is 0 Å². The van der Waals surface area contributed by atoms with Gasteiger partial charge >= 0.3 is 17.9 Å². The van der Waals surface area contributed by atoms with Crippen LogP contribution in [0.4, 0.5) is 0 Å². The number of rotatable bonds is 58. The van der Waals surface area contributed by atoms with Gasteiger partial charge in [0.1, 0.15) is 13.2 Å². The van der Waals surface area contributed by atoms with Gasteiger partial charge in [-0.1, -0.05) is 303 Å². The Balaban J connectivity index is 4.31. The van der Waals surface area contributed by atoms with Crippen molar-refractivity contribution >= 4 is 17.9 Å². The minimum atomic E-state index is -0.767. The fourth-order valence-corrected chi connectivity index (χ4v) is 9.56. The molecule has 0 aromatic heterocycles. The summed E-state index contributed by atoms with van der Waals surface area (Å²) in [5, 5.41) is 0. The Morgan fingerprint density at radius 2 is 0.478 bits per heavy atom. The van der Waals surface area contributed by atoms with E-state index in [0.717, 1.165) is 57.8 Å².